The first-order chi connectivity index (χ1) is 6.60. The number of carbonyl (C=O) groups is 1. The lowest BCUT2D eigenvalue weighted by molar-refractivity contribution is 0.0777. The van der Waals surface area contributed by atoms with Crippen LogP contribution >= 0.6 is 11.3 Å². The van der Waals surface area contributed by atoms with Crippen LogP contribution in [0.15, 0.2) is 0 Å². The Morgan fingerprint density at radius 2 is 1.93 bits per heavy atom. The van der Waals surface area contributed by atoms with E-state index in [0.717, 1.165) is 28.7 Å². The standard InChI is InChI=1S/C10H16N2OS/c1-5-12(6-2)10(13)9-7(3)11-8(4)14-9/h5-6H2,1-4H3. The van der Waals surface area contributed by atoms with Crippen molar-refractivity contribution in [2.75, 3.05) is 13.1 Å². The molecular weight excluding hydrogens is 196 g/mol. The monoisotopic (exact) mass is 212 g/mol. The summed E-state index contributed by atoms with van der Waals surface area (Å²) in [7, 11) is 0. The molecule has 1 rings (SSSR count). The van der Waals surface area contributed by atoms with E-state index in [1.165, 1.54) is 11.3 Å². The van der Waals surface area contributed by atoms with E-state index in [2.05, 4.69) is 4.98 Å². The molecule has 0 bridgehead atoms. The molecule has 78 valence electrons. The summed E-state index contributed by atoms with van der Waals surface area (Å²) >= 11 is 1.48. The molecule has 0 N–H and O–H groups in total. The van der Waals surface area contributed by atoms with E-state index in [1.54, 1.807) is 0 Å². The van der Waals surface area contributed by atoms with Gasteiger partial charge in [0.2, 0.25) is 0 Å². The SMILES string of the molecule is CCN(CC)C(=O)c1sc(C)nc1C. The molecule has 0 unspecified atom stereocenters. The molecule has 1 aromatic heterocycles. The van der Waals surface area contributed by atoms with E-state index in [0.29, 0.717) is 0 Å². The zero-order valence-corrected chi connectivity index (χ0v) is 9.94. The van der Waals surface area contributed by atoms with Crippen LogP contribution in [0, 0.1) is 13.8 Å². The molecule has 1 amide bonds. The van der Waals surface area contributed by atoms with Crippen LogP contribution in [0.5, 0.6) is 0 Å². The van der Waals surface area contributed by atoms with Crippen molar-refractivity contribution in [3.8, 4) is 0 Å². The van der Waals surface area contributed by atoms with Gasteiger partial charge in [-0.25, -0.2) is 4.98 Å². The molecule has 0 aliphatic rings. The van der Waals surface area contributed by atoms with Crippen LogP contribution in [0.2, 0.25) is 0 Å². The highest BCUT2D eigenvalue weighted by molar-refractivity contribution is 7.13. The Balaban J connectivity index is 2.93. The van der Waals surface area contributed by atoms with Crippen molar-refractivity contribution in [3.05, 3.63) is 15.6 Å². The molecule has 14 heavy (non-hydrogen) atoms. The van der Waals surface area contributed by atoms with Crippen molar-refractivity contribution >= 4 is 17.2 Å². The van der Waals surface area contributed by atoms with Gasteiger partial charge in [0.25, 0.3) is 5.91 Å². The first kappa shape index (κ1) is 11.2. The van der Waals surface area contributed by atoms with Crippen molar-refractivity contribution in [3.63, 3.8) is 0 Å². The molecule has 1 heterocycles. The van der Waals surface area contributed by atoms with Crippen molar-refractivity contribution in [2.24, 2.45) is 0 Å². The number of thiazole rings is 1. The third kappa shape index (κ3) is 2.12. The molecule has 0 saturated heterocycles. The molecule has 0 spiro atoms. The topological polar surface area (TPSA) is 33.2 Å². The second kappa shape index (κ2) is 4.55. The summed E-state index contributed by atoms with van der Waals surface area (Å²) in [5.74, 6) is 0.109. The van der Waals surface area contributed by atoms with Gasteiger partial charge in [0, 0.05) is 13.1 Å². The molecule has 0 radical (unpaired) electrons. The predicted molar refractivity (Wildman–Crippen MR) is 58.8 cm³/mol. The third-order valence-electron chi connectivity index (χ3n) is 2.15. The maximum Gasteiger partial charge on any atom is 0.265 e. The Labute approximate surface area is 88.8 Å². The van der Waals surface area contributed by atoms with E-state index in [9.17, 15) is 4.79 Å². The minimum atomic E-state index is 0.109. The van der Waals surface area contributed by atoms with E-state index < -0.39 is 0 Å². The minimum Gasteiger partial charge on any atom is -0.338 e. The first-order valence-corrected chi connectivity index (χ1v) is 5.65. The maximum atomic E-state index is 11.9. The molecule has 0 saturated carbocycles. The van der Waals surface area contributed by atoms with Crippen LogP contribution in [-0.2, 0) is 0 Å². The number of rotatable bonds is 3. The van der Waals surface area contributed by atoms with Crippen molar-refractivity contribution < 1.29 is 4.79 Å². The number of amides is 1. The highest BCUT2D eigenvalue weighted by atomic mass is 32.1. The van der Waals surface area contributed by atoms with Gasteiger partial charge in [-0.3, -0.25) is 4.79 Å². The van der Waals surface area contributed by atoms with E-state index in [-0.39, 0.29) is 5.91 Å². The molecular formula is C10H16N2OS. The highest BCUT2D eigenvalue weighted by Crippen LogP contribution is 2.18. The second-order valence-corrected chi connectivity index (χ2v) is 4.33. The smallest absolute Gasteiger partial charge is 0.265 e. The number of aryl methyl sites for hydroxylation is 2. The van der Waals surface area contributed by atoms with Gasteiger partial charge in [0.1, 0.15) is 4.88 Å². The fourth-order valence-corrected chi connectivity index (χ4v) is 2.27. The summed E-state index contributed by atoms with van der Waals surface area (Å²) in [5, 5.41) is 0.956. The van der Waals surface area contributed by atoms with Gasteiger partial charge in [-0.15, -0.1) is 11.3 Å². The van der Waals surface area contributed by atoms with E-state index in [4.69, 9.17) is 0 Å². The Bertz CT molecular complexity index is 329. The number of carbonyl (C=O) groups excluding carboxylic acids is 1. The van der Waals surface area contributed by atoms with Crippen LogP contribution in [0.1, 0.15) is 34.2 Å². The number of aromatic nitrogens is 1. The third-order valence-corrected chi connectivity index (χ3v) is 3.21. The summed E-state index contributed by atoms with van der Waals surface area (Å²) in [6.45, 7) is 9.31. The van der Waals surface area contributed by atoms with Crippen LogP contribution in [0.4, 0.5) is 0 Å². The Morgan fingerprint density at radius 3 is 2.29 bits per heavy atom. The Morgan fingerprint density at radius 1 is 1.36 bits per heavy atom. The lowest BCUT2D eigenvalue weighted by Gasteiger charge is -2.17. The molecule has 0 aliphatic carbocycles. The molecule has 3 nitrogen and oxygen atoms in total. The Kier molecular flexibility index (Phi) is 3.63. The summed E-state index contributed by atoms with van der Waals surface area (Å²) in [6, 6.07) is 0. The lowest BCUT2D eigenvalue weighted by Crippen LogP contribution is -2.30. The minimum absolute atomic E-state index is 0.109. The summed E-state index contributed by atoms with van der Waals surface area (Å²) in [5.41, 5.74) is 0.851. The zero-order valence-electron chi connectivity index (χ0n) is 9.13. The van der Waals surface area contributed by atoms with Crippen molar-refractivity contribution in [1.82, 2.24) is 9.88 Å². The number of nitrogens with zero attached hydrogens (tertiary/aromatic N) is 2. The number of hydrogen-bond acceptors (Lipinski definition) is 3. The van der Waals surface area contributed by atoms with Gasteiger partial charge in [-0.2, -0.15) is 0 Å². The average molecular weight is 212 g/mol. The normalized spacial score (nSPS) is 10.3. The van der Waals surface area contributed by atoms with Crippen molar-refractivity contribution in [1.29, 1.82) is 0 Å². The van der Waals surface area contributed by atoms with Crippen molar-refractivity contribution in [2.45, 2.75) is 27.7 Å². The summed E-state index contributed by atoms with van der Waals surface area (Å²) < 4.78 is 0. The zero-order chi connectivity index (χ0) is 10.7. The van der Waals surface area contributed by atoms with E-state index >= 15 is 0 Å². The molecule has 0 fully saturated rings. The molecule has 1 aromatic rings. The van der Waals surface area contributed by atoms with Gasteiger partial charge in [0.15, 0.2) is 0 Å². The van der Waals surface area contributed by atoms with Crippen LogP contribution in [0.25, 0.3) is 0 Å². The van der Waals surface area contributed by atoms with Gasteiger partial charge < -0.3 is 4.90 Å². The molecule has 0 aromatic carbocycles. The number of hydrogen-bond donors (Lipinski definition) is 0. The largest absolute Gasteiger partial charge is 0.338 e. The first-order valence-electron chi connectivity index (χ1n) is 4.83. The van der Waals surface area contributed by atoms with Crippen LogP contribution in [-0.4, -0.2) is 28.9 Å². The van der Waals surface area contributed by atoms with Gasteiger partial charge in [-0.05, 0) is 27.7 Å². The highest BCUT2D eigenvalue weighted by Gasteiger charge is 2.17. The fraction of sp³-hybridized carbons (Fsp3) is 0.600. The lowest BCUT2D eigenvalue weighted by atomic mass is 10.3. The summed E-state index contributed by atoms with van der Waals surface area (Å²) in [6.07, 6.45) is 0. The average Bonchev–Trinajstić information content (AvgIpc) is 2.47. The predicted octanol–water partition coefficient (Wildman–Crippen LogP) is 2.24. The molecule has 0 aliphatic heterocycles. The quantitative estimate of drug-likeness (QED) is 0.770. The van der Waals surface area contributed by atoms with Gasteiger partial charge in [0.05, 0.1) is 10.7 Å². The maximum absolute atomic E-state index is 11.9. The summed E-state index contributed by atoms with van der Waals surface area (Å²) in [4.78, 5) is 18.8. The van der Waals surface area contributed by atoms with E-state index in [1.807, 2.05) is 32.6 Å². The fourth-order valence-electron chi connectivity index (χ4n) is 1.38. The second-order valence-electron chi connectivity index (χ2n) is 3.12. The van der Waals surface area contributed by atoms with Crippen LogP contribution < -0.4 is 0 Å². The van der Waals surface area contributed by atoms with Gasteiger partial charge >= 0.3 is 0 Å². The molecule has 4 heteroatoms. The van der Waals surface area contributed by atoms with Crippen LogP contribution in [0.3, 0.4) is 0 Å². The molecule has 0 atom stereocenters. The Hall–Kier alpha value is -0.900. The van der Waals surface area contributed by atoms with Gasteiger partial charge in [-0.1, -0.05) is 0 Å².